The molecule has 1 saturated heterocycles. The summed E-state index contributed by atoms with van der Waals surface area (Å²) in [5.74, 6) is 1.81. The minimum Gasteiger partial charge on any atom is -0.380 e. The molecule has 2 aliphatic rings. The fraction of sp³-hybridized carbons (Fsp3) is 1.00. The van der Waals surface area contributed by atoms with E-state index in [-0.39, 0.29) is 0 Å². The third-order valence-corrected chi connectivity index (χ3v) is 3.34. The molecule has 2 fully saturated rings. The van der Waals surface area contributed by atoms with Gasteiger partial charge in [-0.25, -0.2) is 0 Å². The Morgan fingerprint density at radius 1 is 1.23 bits per heavy atom. The molecule has 1 atom stereocenters. The van der Waals surface area contributed by atoms with Gasteiger partial charge in [-0.2, -0.15) is 0 Å². The fourth-order valence-electron chi connectivity index (χ4n) is 2.18. The average molecular weight is 183 g/mol. The molecule has 1 aliphatic heterocycles. The molecule has 0 radical (unpaired) electrons. The smallest absolute Gasteiger partial charge is 0.0593 e. The Morgan fingerprint density at radius 3 is 2.62 bits per heavy atom. The van der Waals surface area contributed by atoms with Gasteiger partial charge in [0.25, 0.3) is 0 Å². The fourth-order valence-corrected chi connectivity index (χ4v) is 2.18. The molecule has 0 N–H and O–H groups in total. The summed E-state index contributed by atoms with van der Waals surface area (Å²) in [5.41, 5.74) is 0. The van der Waals surface area contributed by atoms with Gasteiger partial charge in [0.15, 0.2) is 0 Å². The van der Waals surface area contributed by atoms with Crippen molar-refractivity contribution in [1.29, 1.82) is 0 Å². The van der Waals surface area contributed by atoms with Crippen LogP contribution in [0.15, 0.2) is 0 Å². The molecule has 1 aliphatic carbocycles. The summed E-state index contributed by atoms with van der Waals surface area (Å²) in [6.45, 7) is 8.91. The first-order valence-corrected chi connectivity index (χ1v) is 5.59. The number of hydrogen-bond donors (Lipinski definition) is 0. The van der Waals surface area contributed by atoms with E-state index in [0.717, 1.165) is 31.6 Å². The lowest BCUT2D eigenvalue weighted by atomic mass is 10.0. The number of nitrogens with zero attached hydrogens (tertiary/aromatic N) is 1. The van der Waals surface area contributed by atoms with Gasteiger partial charge in [0, 0.05) is 19.1 Å². The third kappa shape index (κ3) is 2.44. The summed E-state index contributed by atoms with van der Waals surface area (Å²) < 4.78 is 5.65. The summed E-state index contributed by atoms with van der Waals surface area (Å²) in [7, 11) is 0. The lowest BCUT2D eigenvalue weighted by molar-refractivity contribution is 0.115. The van der Waals surface area contributed by atoms with Crippen molar-refractivity contribution in [2.45, 2.75) is 32.7 Å². The molecule has 0 aromatic carbocycles. The van der Waals surface area contributed by atoms with E-state index in [1.807, 2.05) is 0 Å². The molecule has 0 aromatic rings. The summed E-state index contributed by atoms with van der Waals surface area (Å²) in [5, 5.41) is 0. The van der Waals surface area contributed by atoms with E-state index in [1.54, 1.807) is 0 Å². The average Bonchev–Trinajstić information content (AvgIpc) is 2.91. The first kappa shape index (κ1) is 9.47. The van der Waals surface area contributed by atoms with Crippen LogP contribution in [0.1, 0.15) is 26.7 Å². The lowest BCUT2D eigenvalue weighted by Gasteiger charge is -2.26. The first-order valence-electron chi connectivity index (χ1n) is 5.59. The summed E-state index contributed by atoms with van der Waals surface area (Å²) in [4.78, 5) is 2.57. The summed E-state index contributed by atoms with van der Waals surface area (Å²) in [6.07, 6.45) is 2.89. The molecule has 1 saturated carbocycles. The Kier molecular flexibility index (Phi) is 2.89. The molecule has 2 nitrogen and oxygen atoms in total. The van der Waals surface area contributed by atoms with Crippen molar-refractivity contribution in [3.8, 4) is 0 Å². The largest absolute Gasteiger partial charge is 0.380 e. The highest BCUT2D eigenvalue weighted by Gasteiger charge is 2.33. The quantitative estimate of drug-likeness (QED) is 0.646. The van der Waals surface area contributed by atoms with Gasteiger partial charge in [-0.3, -0.25) is 4.90 Å². The van der Waals surface area contributed by atoms with Crippen molar-refractivity contribution in [2.24, 2.45) is 11.8 Å². The van der Waals surface area contributed by atoms with E-state index >= 15 is 0 Å². The second kappa shape index (κ2) is 3.97. The second-order valence-corrected chi connectivity index (χ2v) is 4.76. The normalized spacial score (nSPS) is 32.1. The van der Waals surface area contributed by atoms with E-state index in [0.29, 0.717) is 6.04 Å². The van der Waals surface area contributed by atoms with Crippen molar-refractivity contribution in [3.05, 3.63) is 0 Å². The number of hydrogen-bond acceptors (Lipinski definition) is 2. The van der Waals surface area contributed by atoms with Gasteiger partial charge < -0.3 is 4.74 Å². The first-order chi connectivity index (χ1) is 6.27. The van der Waals surface area contributed by atoms with Crippen LogP contribution >= 0.6 is 0 Å². The van der Waals surface area contributed by atoms with Gasteiger partial charge in [0.2, 0.25) is 0 Å². The van der Waals surface area contributed by atoms with E-state index < -0.39 is 0 Å². The molecule has 0 amide bonds. The van der Waals surface area contributed by atoms with Crippen LogP contribution < -0.4 is 0 Å². The molecular weight excluding hydrogens is 162 g/mol. The Morgan fingerprint density at radius 2 is 2.00 bits per heavy atom. The van der Waals surface area contributed by atoms with Gasteiger partial charge in [-0.05, 0) is 38.5 Å². The zero-order chi connectivity index (χ0) is 9.26. The van der Waals surface area contributed by atoms with Gasteiger partial charge in [0.1, 0.15) is 0 Å². The predicted octanol–water partition coefficient (Wildman–Crippen LogP) is 1.75. The van der Waals surface area contributed by atoms with Crippen LogP contribution in [0.4, 0.5) is 0 Å². The third-order valence-electron chi connectivity index (χ3n) is 3.34. The van der Waals surface area contributed by atoms with Crippen LogP contribution in [-0.4, -0.2) is 37.2 Å². The number of rotatable bonds is 2. The van der Waals surface area contributed by atoms with Gasteiger partial charge in [-0.15, -0.1) is 0 Å². The lowest BCUT2D eigenvalue weighted by Crippen LogP contribution is -2.36. The second-order valence-electron chi connectivity index (χ2n) is 4.76. The van der Waals surface area contributed by atoms with Crippen molar-refractivity contribution in [3.63, 3.8) is 0 Å². The Bertz CT molecular complexity index is 155. The van der Waals surface area contributed by atoms with Crippen LogP contribution in [-0.2, 0) is 4.74 Å². The monoisotopic (exact) mass is 183 g/mol. The summed E-state index contributed by atoms with van der Waals surface area (Å²) in [6, 6.07) is 0.683. The summed E-state index contributed by atoms with van der Waals surface area (Å²) >= 11 is 0. The molecule has 0 aromatic heterocycles. The van der Waals surface area contributed by atoms with Crippen molar-refractivity contribution < 1.29 is 4.74 Å². The minimum absolute atomic E-state index is 0.683. The maximum atomic E-state index is 5.65. The Labute approximate surface area is 81.3 Å². The molecule has 0 unspecified atom stereocenters. The minimum atomic E-state index is 0.683. The topological polar surface area (TPSA) is 12.5 Å². The Balaban J connectivity index is 1.89. The van der Waals surface area contributed by atoms with Gasteiger partial charge >= 0.3 is 0 Å². The van der Waals surface area contributed by atoms with Crippen LogP contribution in [0.2, 0.25) is 0 Å². The zero-order valence-corrected chi connectivity index (χ0v) is 8.83. The van der Waals surface area contributed by atoms with Gasteiger partial charge in [0.05, 0.1) is 13.2 Å². The number of ether oxygens (including phenoxy) is 1. The molecule has 13 heavy (non-hydrogen) atoms. The zero-order valence-electron chi connectivity index (χ0n) is 8.83. The molecule has 2 heteroatoms. The molecule has 2 rings (SSSR count). The maximum Gasteiger partial charge on any atom is 0.0593 e. The highest BCUT2D eigenvalue weighted by molar-refractivity contribution is 4.85. The van der Waals surface area contributed by atoms with Crippen molar-refractivity contribution in [1.82, 2.24) is 4.90 Å². The Hall–Kier alpha value is -0.0800. The molecule has 1 heterocycles. The standard InChI is InChI=1S/C11H21NO/c1-9(2)12-5-6-13-8-11(7-12)10-3-4-10/h9-11H,3-8H2,1-2H3/t11-/m0/s1. The van der Waals surface area contributed by atoms with E-state index in [1.165, 1.54) is 19.4 Å². The molecule has 0 bridgehead atoms. The van der Waals surface area contributed by atoms with Crippen LogP contribution in [0, 0.1) is 11.8 Å². The van der Waals surface area contributed by atoms with Crippen molar-refractivity contribution in [2.75, 3.05) is 26.3 Å². The van der Waals surface area contributed by atoms with Crippen molar-refractivity contribution >= 4 is 0 Å². The highest BCUT2D eigenvalue weighted by atomic mass is 16.5. The predicted molar refractivity (Wildman–Crippen MR) is 53.7 cm³/mol. The SMILES string of the molecule is CC(C)N1CCOC[C@@H](C2CC2)C1. The van der Waals surface area contributed by atoms with E-state index in [2.05, 4.69) is 18.7 Å². The van der Waals surface area contributed by atoms with Crippen LogP contribution in [0.3, 0.4) is 0 Å². The molecule has 0 spiro atoms. The van der Waals surface area contributed by atoms with Crippen LogP contribution in [0.25, 0.3) is 0 Å². The van der Waals surface area contributed by atoms with E-state index in [4.69, 9.17) is 4.74 Å². The molecular formula is C11H21NO. The van der Waals surface area contributed by atoms with Crippen LogP contribution in [0.5, 0.6) is 0 Å². The van der Waals surface area contributed by atoms with E-state index in [9.17, 15) is 0 Å². The molecule has 76 valence electrons. The maximum absolute atomic E-state index is 5.65. The highest BCUT2D eigenvalue weighted by Crippen LogP contribution is 2.38. The van der Waals surface area contributed by atoms with Gasteiger partial charge in [-0.1, -0.05) is 0 Å².